The number of amides is 1. The Labute approximate surface area is 143 Å². The summed E-state index contributed by atoms with van der Waals surface area (Å²) in [4.78, 5) is 41.1. The molecule has 0 bridgehead atoms. The Kier molecular flexibility index (Phi) is 5.71. The summed E-state index contributed by atoms with van der Waals surface area (Å²) in [5.74, 6) is -1.07. The number of fused-ring (bicyclic) bond motifs is 1. The van der Waals surface area contributed by atoms with Crippen molar-refractivity contribution in [2.45, 2.75) is 46.1 Å². The highest BCUT2D eigenvalue weighted by molar-refractivity contribution is 7.20. The second-order valence-electron chi connectivity index (χ2n) is 5.61. The number of hydrogen-bond acceptors (Lipinski definition) is 6. The van der Waals surface area contributed by atoms with Gasteiger partial charge in [0.25, 0.3) is 11.5 Å². The van der Waals surface area contributed by atoms with Crippen molar-refractivity contribution < 1.29 is 14.3 Å². The average Bonchev–Trinajstić information content (AvgIpc) is 2.89. The van der Waals surface area contributed by atoms with E-state index in [4.69, 9.17) is 10.5 Å². The molecule has 7 nitrogen and oxygen atoms in total. The zero-order valence-electron chi connectivity index (χ0n) is 14.0. The van der Waals surface area contributed by atoms with E-state index in [9.17, 15) is 14.4 Å². The topological polar surface area (TPSA) is 104 Å². The fraction of sp³-hybridized carbons (Fsp3) is 0.500. The third-order valence-corrected chi connectivity index (χ3v) is 5.06. The van der Waals surface area contributed by atoms with Crippen LogP contribution in [0.3, 0.4) is 0 Å². The maximum absolute atomic E-state index is 12.7. The molecule has 0 aromatic carbocycles. The van der Waals surface area contributed by atoms with Crippen LogP contribution >= 0.6 is 11.3 Å². The Balaban J connectivity index is 2.31. The summed E-state index contributed by atoms with van der Waals surface area (Å²) in [5.41, 5.74) is 5.44. The number of primary amides is 1. The largest absolute Gasteiger partial charge is 0.464 e. The summed E-state index contributed by atoms with van der Waals surface area (Å²) >= 11 is 1.08. The molecular formula is C16H21N3O4S. The molecular weight excluding hydrogens is 330 g/mol. The summed E-state index contributed by atoms with van der Waals surface area (Å²) in [6.07, 6.45) is 4.13. The first kappa shape index (κ1) is 18.1. The van der Waals surface area contributed by atoms with Crippen LogP contribution in [0.15, 0.2) is 11.1 Å². The Morgan fingerprint density at radius 2 is 2.12 bits per heavy atom. The lowest BCUT2D eigenvalue weighted by Gasteiger charge is -2.14. The predicted octanol–water partition coefficient (Wildman–Crippen LogP) is 2.16. The number of rotatable bonds is 7. The number of hydrogen-bond donors (Lipinski definition) is 1. The van der Waals surface area contributed by atoms with Crippen LogP contribution in [0.4, 0.5) is 0 Å². The highest BCUT2D eigenvalue weighted by atomic mass is 32.1. The normalized spacial score (nSPS) is 12.3. The minimum atomic E-state index is -0.785. The number of unbranched alkanes of at least 4 members (excludes halogenated alkanes) is 2. The fourth-order valence-corrected chi connectivity index (χ4v) is 3.40. The van der Waals surface area contributed by atoms with E-state index >= 15 is 0 Å². The van der Waals surface area contributed by atoms with Crippen LogP contribution in [0.25, 0.3) is 10.2 Å². The molecule has 1 atom stereocenters. The zero-order chi connectivity index (χ0) is 17.9. The van der Waals surface area contributed by atoms with E-state index < -0.39 is 17.9 Å². The standard InChI is InChI=1S/C16H21N3O4S/c1-4-5-6-7-23-16(22)10(3)19-8-18-14-11(15(19)21)9(2)12(24-14)13(17)20/h8,10H,4-7H2,1-3H3,(H2,17,20). The number of esters is 1. The maximum atomic E-state index is 12.7. The van der Waals surface area contributed by atoms with Crippen LogP contribution in [0.5, 0.6) is 0 Å². The van der Waals surface area contributed by atoms with Gasteiger partial charge in [-0.05, 0) is 25.8 Å². The number of thiophene rings is 1. The molecule has 0 aliphatic heterocycles. The summed E-state index contributed by atoms with van der Waals surface area (Å²) in [6, 6.07) is -0.785. The zero-order valence-corrected chi connectivity index (χ0v) is 14.8. The van der Waals surface area contributed by atoms with Gasteiger partial charge in [0.05, 0.1) is 23.2 Å². The molecule has 1 unspecified atom stereocenters. The first-order valence-electron chi connectivity index (χ1n) is 7.85. The van der Waals surface area contributed by atoms with Crippen molar-refractivity contribution in [1.82, 2.24) is 9.55 Å². The van der Waals surface area contributed by atoms with E-state index in [1.807, 2.05) is 0 Å². The van der Waals surface area contributed by atoms with E-state index in [0.717, 1.165) is 30.6 Å². The second kappa shape index (κ2) is 7.57. The number of nitrogens with two attached hydrogens (primary N) is 1. The van der Waals surface area contributed by atoms with Crippen molar-refractivity contribution >= 4 is 33.4 Å². The molecule has 24 heavy (non-hydrogen) atoms. The first-order valence-corrected chi connectivity index (χ1v) is 8.66. The van der Waals surface area contributed by atoms with Gasteiger partial charge in [0.2, 0.25) is 0 Å². The number of aryl methyl sites for hydroxylation is 1. The molecule has 0 saturated heterocycles. The lowest BCUT2D eigenvalue weighted by Crippen LogP contribution is -2.29. The van der Waals surface area contributed by atoms with Gasteiger partial charge >= 0.3 is 5.97 Å². The smallest absolute Gasteiger partial charge is 0.328 e. The summed E-state index contributed by atoms with van der Waals surface area (Å²) in [7, 11) is 0. The Bertz CT molecular complexity index is 825. The molecule has 2 aromatic rings. The summed E-state index contributed by atoms with van der Waals surface area (Å²) in [6.45, 7) is 5.65. The molecule has 0 spiro atoms. The number of carbonyl (C=O) groups is 2. The minimum Gasteiger partial charge on any atom is -0.464 e. The van der Waals surface area contributed by atoms with Crippen molar-refractivity contribution in [3.8, 4) is 0 Å². The van der Waals surface area contributed by atoms with Gasteiger partial charge in [0.1, 0.15) is 10.9 Å². The highest BCUT2D eigenvalue weighted by Gasteiger charge is 2.22. The number of aromatic nitrogens is 2. The molecule has 0 aliphatic carbocycles. The van der Waals surface area contributed by atoms with Gasteiger partial charge in [-0.25, -0.2) is 9.78 Å². The number of carbonyl (C=O) groups excluding carboxylic acids is 2. The van der Waals surface area contributed by atoms with Crippen LogP contribution in [-0.4, -0.2) is 28.0 Å². The van der Waals surface area contributed by atoms with Crippen molar-refractivity contribution in [3.63, 3.8) is 0 Å². The lowest BCUT2D eigenvalue weighted by atomic mass is 10.2. The van der Waals surface area contributed by atoms with E-state index in [1.54, 1.807) is 13.8 Å². The fourth-order valence-electron chi connectivity index (χ4n) is 2.41. The van der Waals surface area contributed by atoms with Gasteiger partial charge in [-0.15, -0.1) is 11.3 Å². The third kappa shape index (κ3) is 3.48. The van der Waals surface area contributed by atoms with Gasteiger partial charge in [-0.1, -0.05) is 19.8 Å². The molecule has 0 radical (unpaired) electrons. The average molecular weight is 351 g/mol. The van der Waals surface area contributed by atoms with Crippen LogP contribution in [0, 0.1) is 6.92 Å². The molecule has 2 aromatic heterocycles. The van der Waals surface area contributed by atoms with Gasteiger partial charge in [-0.2, -0.15) is 0 Å². The molecule has 2 rings (SSSR count). The second-order valence-corrected chi connectivity index (χ2v) is 6.61. The van der Waals surface area contributed by atoms with E-state index in [-0.39, 0.29) is 5.56 Å². The van der Waals surface area contributed by atoms with E-state index in [2.05, 4.69) is 11.9 Å². The monoisotopic (exact) mass is 351 g/mol. The molecule has 0 fully saturated rings. The van der Waals surface area contributed by atoms with Gasteiger partial charge in [0.15, 0.2) is 0 Å². The quantitative estimate of drug-likeness (QED) is 0.608. The van der Waals surface area contributed by atoms with Gasteiger partial charge in [-0.3, -0.25) is 14.2 Å². The Morgan fingerprint density at radius 3 is 2.75 bits per heavy atom. The molecule has 130 valence electrons. The predicted molar refractivity (Wildman–Crippen MR) is 92.3 cm³/mol. The van der Waals surface area contributed by atoms with Gasteiger partial charge in [0, 0.05) is 0 Å². The van der Waals surface area contributed by atoms with E-state index in [1.165, 1.54) is 10.9 Å². The van der Waals surface area contributed by atoms with Crippen molar-refractivity contribution in [2.24, 2.45) is 5.73 Å². The molecule has 0 saturated carbocycles. The molecule has 2 N–H and O–H groups in total. The third-order valence-electron chi connectivity index (χ3n) is 3.85. The first-order chi connectivity index (χ1) is 11.4. The van der Waals surface area contributed by atoms with Crippen LogP contribution in [0.2, 0.25) is 0 Å². The molecule has 2 heterocycles. The van der Waals surface area contributed by atoms with Crippen LogP contribution < -0.4 is 11.3 Å². The minimum absolute atomic E-state index is 0.308. The number of ether oxygens (including phenoxy) is 1. The Morgan fingerprint density at radius 1 is 1.42 bits per heavy atom. The number of nitrogens with zero attached hydrogens (tertiary/aromatic N) is 2. The SMILES string of the molecule is CCCCCOC(=O)C(C)n1cnc2sc(C(N)=O)c(C)c2c1=O. The summed E-state index contributed by atoms with van der Waals surface area (Å²) < 4.78 is 6.43. The van der Waals surface area contributed by atoms with Gasteiger partial charge < -0.3 is 10.5 Å². The summed E-state index contributed by atoms with van der Waals surface area (Å²) in [5, 5.41) is 0.321. The maximum Gasteiger partial charge on any atom is 0.328 e. The van der Waals surface area contributed by atoms with Crippen molar-refractivity contribution in [2.75, 3.05) is 6.61 Å². The van der Waals surface area contributed by atoms with Crippen molar-refractivity contribution in [3.05, 3.63) is 27.1 Å². The van der Waals surface area contributed by atoms with Crippen LogP contribution in [0.1, 0.15) is 54.4 Å². The molecule has 0 aliphatic rings. The molecule has 8 heteroatoms. The van der Waals surface area contributed by atoms with Crippen LogP contribution in [-0.2, 0) is 9.53 Å². The molecule has 1 amide bonds. The Hall–Kier alpha value is -2.22. The van der Waals surface area contributed by atoms with E-state index in [0.29, 0.717) is 27.3 Å². The lowest BCUT2D eigenvalue weighted by molar-refractivity contribution is -0.147. The highest BCUT2D eigenvalue weighted by Crippen LogP contribution is 2.26. The van der Waals surface area contributed by atoms with Crippen molar-refractivity contribution in [1.29, 1.82) is 0 Å².